The van der Waals surface area contributed by atoms with Crippen molar-refractivity contribution in [2.45, 2.75) is 25.2 Å². The summed E-state index contributed by atoms with van der Waals surface area (Å²) in [5, 5.41) is 0. The van der Waals surface area contributed by atoms with E-state index in [-0.39, 0.29) is 0 Å². The summed E-state index contributed by atoms with van der Waals surface area (Å²) in [5.74, 6) is 1.77. The van der Waals surface area contributed by atoms with Crippen molar-refractivity contribution < 1.29 is 4.79 Å². The number of rotatable bonds is 2. The Hall–Kier alpha value is -1.64. The Labute approximate surface area is 87.7 Å². The zero-order chi connectivity index (χ0) is 10.3. The van der Waals surface area contributed by atoms with E-state index in [1.165, 1.54) is 19.3 Å². The van der Waals surface area contributed by atoms with Crippen molar-refractivity contribution in [2.75, 3.05) is 0 Å². The van der Waals surface area contributed by atoms with E-state index in [2.05, 4.69) is 9.38 Å². The SMILES string of the molecule is O=Cc1ccn2c(C3CCC3)ncc2c1. The fourth-order valence-electron chi connectivity index (χ4n) is 2.08. The van der Waals surface area contributed by atoms with Crippen LogP contribution in [-0.2, 0) is 0 Å². The van der Waals surface area contributed by atoms with Gasteiger partial charge in [-0.25, -0.2) is 4.98 Å². The lowest BCUT2D eigenvalue weighted by atomic mass is 9.85. The van der Waals surface area contributed by atoms with Crippen LogP contribution in [0.3, 0.4) is 0 Å². The molecule has 0 aliphatic heterocycles. The molecular weight excluding hydrogens is 188 g/mol. The summed E-state index contributed by atoms with van der Waals surface area (Å²) in [5.41, 5.74) is 1.73. The van der Waals surface area contributed by atoms with E-state index >= 15 is 0 Å². The number of aromatic nitrogens is 2. The Morgan fingerprint density at radius 2 is 2.33 bits per heavy atom. The molecule has 1 saturated carbocycles. The first-order valence-corrected chi connectivity index (χ1v) is 5.30. The van der Waals surface area contributed by atoms with E-state index in [1.54, 1.807) is 0 Å². The summed E-state index contributed by atoms with van der Waals surface area (Å²) in [6, 6.07) is 3.71. The second-order valence-electron chi connectivity index (χ2n) is 4.12. The molecule has 2 heterocycles. The number of carbonyl (C=O) groups is 1. The van der Waals surface area contributed by atoms with Gasteiger partial charge in [0.15, 0.2) is 0 Å². The quantitative estimate of drug-likeness (QED) is 0.698. The maximum Gasteiger partial charge on any atom is 0.150 e. The fraction of sp³-hybridized carbons (Fsp3) is 0.333. The number of carbonyl (C=O) groups excluding carboxylic acids is 1. The van der Waals surface area contributed by atoms with Crippen LogP contribution in [0.1, 0.15) is 41.4 Å². The van der Waals surface area contributed by atoms with Gasteiger partial charge in [0.25, 0.3) is 0 Å². The third-order valence-electron chi connectivity index (χ3n) is 3.19. The van der Waals surface area contributed by atoms with Gasteiger partial charge in [-0.15, -0.1) is 0 Å². The van der Waals surface area contributed by atoms with Gasteiger partial charge in [0.05, 0.1) is 11.7 Å². The number of nitrogens with zero attached hydrogens (tertiary/aromatic N) is 2. The number of fused-ring (bicyclic) bond motifs is 1. The molecule has 2 aromatic heterocycles. The normalized spacial score (nSPS) is 16.5. The lowest BCUT2D eigenvalue weighted by Crippen LogP contribution is -2.12. The van der Waals surface area contributed by atoms with Gasteiger partial charge in [-0.1, -0.05) is 6.42 Å². The van der Waals surface area contributed by atoms with E-state index in [0.717, 1.165) is 17.6 Å². The lowest BCUT2D eigenvalue weighted by molar-refractivity contribution is 0.112. The highest BCUT2D eigenvalue weighted by atomic mass is 16.1. The van der Waals surface area contributed by atoms with Crippen molar-refractivity contribution in [1.82, 2.24) is 9.38 Å². The Bertz CT molecular complexity index is 511. The first-order valence-electron chi connectivity index (χ1n) is 5.30. The Morgan fingerprint density at radius 1 is 1.47 bits per heavy atom. The second kappa shape index (κ2) is 3.19. The first-order chi connectivity index (χ1) is 7.38. The predicted molar refractivity (Wildman–Crippen MR) is 57.2 cm³/mol. The fourth-order valence-corrected chi connectivity index (χ4v) is 2.08. The van der Waals surface area contributed by atoms with Crippen molar-refractivity contribution in [3.63, 3.8) is 0 Å². The van der Waals surface area contributed by atoms with Gasteiger partial charge < -0.3 is 4.40 Å². The van der Waals surface area contributed by atoms with Crippen molar-refractivity contribution in [3.05, 3.63) is 35.9 Å². The summed E-state index contributed by atoms with van der Waals surface area (Å²) in [6.07, 6.45) is 8.46. The number of pyridine rings is 1. The molecule has 1 aliphatic rings. The van der Waals surface area contributed by atoms with E-state index in [9.17, 15) is 4.79 Å². The lowest BCUT2D eigenvalue weighted by Gasteiger charge is -2.23. The van der Waals surface area contributed by atoms with Crippen molar-refractivity contribution in [3.8, 4) is 0 Å². The molecule has 15 heavy (non-hydrogen) atoms. The topological polar surface area (TPSA) is 34.4 Å². The summed E-state index contributed by atoms with van der Waals surface area (Å²) >= 11 is 0. The molecule has 0 unspecified atom stereocenters. The average molecular weight is 200 g/mol. The summed E-state index contributed by atoms with van der Waals surface area (Å²) in [7, 11) is 0. The average Bonchev–Trinajstić information content (AvgIpc) is 2.59. The smallest absolute Gasteiger partial charge is 0.150 e. The van der Waals surface area contributed by atoms with Crippen molar-refractivity contribution in [2.24, 2.45) is 0 Å². The molecule has 1 aliphatic carbocycles. The van der Waals surface area contributed by atoms with Crippen LogP contribution in [0, 0.1) is 0 Å². The Morgan fingerprint density at radius 3 is 3.00 bits per heavy atom. The molecule has 0 N–H and O–H groups in total. The maximum atomic E-state index is 10.6. The highest BCUT2D eigenvalue weighted by Crippen LogP contribution is 2.35. The molecule has 0 amide bonds. The third-order valence-corrected chi connectivity index (χ3v) is 3.19. The summed E-state index contributed by atoms with van der Waals surface area (Å²) < 4.78 is 2.09. The van der Waals surface area contributed by atoms with Crippen LogP contribution in [0.2, 0.25) is 0 Å². The summed E-state index contributed by atoms with van der Waals surface area (Å²) in [4.78, 5) is 15.1. The largest absolute Gasteiger partial charge is 0.303 e. The minimum absolute atomic E-state index is 0.620. The maximum absolute atomic E-state index is 10.6. The molecule has 0 spiro atoms. The zero-order valence-electron chi connectivity index (χ0n) is 8.39. The van der Waals surface area contributed by atoms with Crippen molar-refractivity contribution in [1.29, 1.82) is 0 Å². The van der Waals surface area contributed by atoms with Crippen LogP contribution in [0.25, 0.3) is 5.52 Å². The molecule has 0 aromatic carbocycles. The first kappa shape index (κ1) is 8.65. The van der Waals surface area contributed by atoms with Crippen LogP contribution in [0.4, 0.5) is 0 Å². The van der Waals surface area contributed by atoms with Crippen LogP contribution < -0.4 is 0 Å². The van der Waals surface area contributed by atoms with Crippen LogP contribution in [-0.4, -0.2) is 15.7 Å². The Balaban J connectivity index is 2.13. The Kier molecular flexibility index (Phi) is 1.84. The minimum Gasteiger partial charge on any atom is -0.303 e. The van der Waals surface area contributed by atoms with E-state index in [1.807, 2.05) is 24.5 Å². The van der Waals surface area contributed by atoms with Crippen LogP contribution in [0.15, 0.2) is 24.5 Å². The minimum atomic E-state index is 0.620. The molecule has 0 saturated heterocycles. The summed E-state index contributed by atoms with van der Waals surface area (Å²) in [6.45, 7) is 0. The predicted octanol–water partition coefficient (Wildman–Crippen LogP) is 2.41. The highest BCUT2D eigenvalue weighted by molar-refractivity contribution is 5.77. The molecule has 1 fully saturated rings. The number of aldehydes is 1. The van der Waals surface area contributed by atoms with Crippen LogP contribution in [0.5, 0.6) is 0 Å². The standard InChI is InChI=1S/C12H12N2O/c15-8-9-4-5-14-11(6-9)7-13-12(14)10-2-1-3-10/h4-8,10H,1-3H2. The van der Waals surface area contributed by atoms with Gasteiger partial charge >= 0.3 is 0 Å². The van der Waals surface area contributed by atoms with E-state index in [4.69, 9.17) is 0 Å². The van der Waals surface area contributed by atoms with Gasteiger partial charge in [-0.2, -0.15) is 0 Å². The molecule has 3 rings (SSSR count). The van der Waals surface area contributed by atoms with E-state index < -0.39 is 0 Å². The number of hydrogen-bond acceptors (Lipinski definition) is 2. The van der Waals surface area contributed by atoms with Gasteiger partial charge in [-0.3, -0.25) is 4.79 Å². The van der Waals surface area contributed by atoms with Gasteiger partial charge in [0.1, 0.15) is 12.1 Å². The zero-order valence-corrected chi connectivity index (χ0v) is 8.39. The van der Waals surface area contributed by atoms with Gasteiger partial charge in [0.2, 0.25) is 0 Å². The molecule has 3 heteroatoms. The highest BCUT2D eigenvalue weighted by Gasteiger charge is 2.23. The molecular formula is C12H12N2O. The van der Waals surface area contributed by atoms with Gasteiger partial charge in [0, 0.05) is 17.7 Å². The molecule has 3 nitrogen and oxygen atoms in total. The molecule has 2 aromatic rings. The molecule has 76 valence electrons. The monoisotopic (exact) mass is 200 g/mol. The van der Waals surface area contributed by atoms with Crippen LogP contribution >= 0.6 is 0 Å². The molecule has 0 radical (unpaired) electrons. The number of hydrogen-bond donors (Lipinski definition) is 0. The number of imidazole rings is 1. The van der Waals surface area contributed by atoms with E-state index in [0.29, 0.717) is 11.5 Å². The van der Waals surface area contributed by atoms with Crippen molar-refractivity contribution >= 4 is 11.8 Å². The van der Waals surface area contributed by atoms with Gasteiger partial charge in [-0.05, 0) is 25.0 Å². The second-order valence-corrected chi connectivity index (χ2v) is 4.12. The molecule has 0 atom stereocenters. The molecule has 0 bridgehead atoms. The third kappa shape index (κ3) is 1.27.